The van der Waals surface area contributed by atoms with E-state index in [0.717, 1.165) is 18.8 Å². The number of hydrogen-bond donors (Lipinski definition) is 1. The summed E-state index contributed by atoms with van der Waals surface area (Å²) in [5.41, 5.74) is 1.71. The van der Waals surface area contributed by atoms with Gasteiger partial charge in [-0.2, -0.15) is 0 Å². The molecule has 1 aliphatic rings. The zero-order valence-electron chi connectivity index (χ0n) is 13.2. The van der Waals surface area contributed by atoms with Crippen molar-refractivity contribution in [2.24, 2.45) is 5.41 Å². The standard InChI is InChI=1S/C18H29NO/c1-4-13-20-17-9-5-7-16(14-17)19-15-8-6-11-18(2,3)12-10-15/h5,7,9,14-15,19H,4,6,8,10-13H2,1-3H3. The average Bonchev–Trinajstić information content (AvgIpc) is 2.58. The molecule has 0 amide bonds. The number of hydrogen-bond acceptors (Lipinski definition) is 2. The van der Waals surface area contributed by atoms with E-state index in [4.69, 9.17) is 4.74 Å². The van der Waals surface area contributed by atoms with Gasteiger partial charge >= 0.3 is 0 Å². The monoisotopic (exact) mass is 275 g/mol. The second kappa shape index (κ2) is 7.01. The van der Waals surface area contributed by atoms with Crippen LogP contribution in [-0.2, 0) is 0 Å². The van der Waals surface area contributed by atoms with Crippen LogP contribution in [0.5, 0.6) is 5.75 Å². The zero-order chi connectivity index (χ0) is 14.4. The van der Waals surface area contributed by atoms with E-state index in [1.54, 1.807) is 0 Å². The molecule has 0 aliphatic heterocycles. The van der Waals surface area contributed by atoms with Crippen LogP contribution in [0, 0.1) is 5.41 Å². The molecule has 0 saturated heterocycles. The van der Waals surface area contributed by atoms with E-state index in [9.17, 15) is 0 Å². The molecule has 1 atom stereocenters. The summed E-state index contributed by atoms with van der Waals surface area (Å²) < 4.78 is 5.70. The minimum absolute atomic E-state index is 0.516. The van der Waals surface area contributed by atoms with Gasteiger partial charge in [-0.25, -0.2) is 0 Å². The summed E-state index contributed by atoms with van der Waals surface area (Å²) >= 11 is 0. The quantitative estimate of drug-likeness (QED) is 0.741. The van der Waals surface area contributed by atoms with Gasteiger partial charge in [0.1, 0.15) is 5.75 Å². The summed E-state index contributed by atoms with van der Waals surface area (Å²) in [7, 11) is 0. The Morgan fingerprint density at radius 1 is 1.25 bits per heavy atom. The van der Waals surface area contributed by atoms with Gasteiger partial charge < -0.3 is 10.1 Å². The molecule has 0 spiro atoms. The lowest BCUT2D eigenvalue weighted by Gasteiger charge is -2.22. The molecule has 1 aromatic carbocycles. The number of rotatable bonds is 5. The summed E-state index contributed by atoms with van der Waals surface area (Å²) in [6, 6.07) is 9.00. The van der Waals surface area contributed by atoms with Crippen molar-refractivity contribution in [2.45, 2.75) is 65.3 Å². The highest BCUT2D eigenvalue weighted by Crippen LogP contribution is 2.34. The van der Waals surface area contributed by atoms with Gasteiger partial charge in [0.25, 0.3) is 0 Å². The fraction of sp³-hybridized carbons (Fsp3) is 0.667. The smallest absolute Gasteiger partial charge is 0.121 e. The summed E-state index contributed by atoms with van der Waals surface area (Å²) in [6.45, 7) is 7.72. The minimum Gasteiger partial charge on any atom is -0.494 e. The zero-order valence-corrected chi connectivity index (χ0v) is 13.2. The molecule has 1 N–H and O–H groups in total. The lowest BCUT2D eigenvalue weighted by molar-refractivity contribution is 0.313. The Hall–Kier alpha value is -1.18. The largest absolute Gasteiger partial charge is 0.494 e. The molecular weight excluding hydrogens is 246 g/mol. The number of ether oxygens (including phenoxy) is 1. The van der Waals surface area contributed by atoms with Crippen LogP contribution in [-0.4, -0.2) is 12.6 Å². The molecule has 1 aromatic rings. The van der Waals surface area contributed by atoms with Crippen molar-refractivity contribution in [1.29, 1.82) is 0 Å². The first-order valence-electron chi connectivity index (χ1n) is 8.08. The predicted molar refractivity (Wildman–Crippen MR) is 86.5 cm³/mol. The third-order valence-corrected chi connectivity index (χ3v) is 4.25. The topological polar surface area (TPSA) is 21.3 Å². The molecule has 0 radical (unpaired) electrons. The number of anilines is 1. The highest BCUT2D eigenvalue weighted by molar-refractivity contribution is 5.48. The molecule has 2 heteroatoms. The molecule has 0 bridgehead atoms. The van der Waals surface area contributed by atoms with Crippen molar-refractivity contribution < 1.29 is 4.74 Å². The maximum atomic E-state index is 5.70. The van der Waals surface area contributed by atoms with E-state index in [0.29, 0.717) is 11.5 Å². The molecule has 0 heterocycles. The normalized spacial score (nSPS) is 22.1. The van der Waals surface area contributed by atoms with Crippen LogP contribution in [0.15, 0.2) is 24.3 Å². The van der Waals surface area contributed by atoms with E-state index < -0.39 is 0 Å². The molecule has 0 aromatic heterocycles. The van der Waals surface area contributed by atoms with Crippen LogP contribution in [0.1, 0.15) is 59.3 Å². The molecule has 1 unspecified atom stereocenters. The lowest BCUT2D eigenvalue weighted by atomic mass is 9.85. The molecule has 20 heavy (non-hydrogen) atoms. The molecule has 2 rings (SSSR count). The Morgan fingerprint density at radius 2 is 2.10 bits per heavy atom. The van der Waals surface area contributed by atoms with Crippen LogP contribution in [0.4, 0.5) is 5.69 Å². The van der Waals surface area contributed by atoms with E-state index in [1.807, 2.05) is 6.07 Å². The Labute approximate surface area is 123 Å². The highest BCUT2D eigenvalue weighted by Gasteiger charge is 2.24. The minimum atomic E-state index is 0.516. The number of benzene rings is 1. The maximum Gasteiger partial charge on any atom is 0.121 e. The number of nitrogens with one attached hydrogen (secondary N) is 1. The van der Waals surface area contributed by atoms with Crippen molar-refractivity contribution >= 4 is 5.69 Å². The van der Waals surface area contributed by atoms with Crippen LogP contribution in [0.25, 0.3) is 0 Å². The first-order valence-corrected chi connectivity index (χ1v) is 8.08. The maximum absolute atomic E-state index is 5.70. The first-order chi connectivity index (χ1) is 9.59. The first kappa shape index (κ1) is 15.2. The predicted octanol–water partition coefficient (Wildman–Crippen LogP) is 5.25. The Balaban J connectivity index is 1.92. The Bertz CT molecular complexity index is 414. The van der Waals surface area contributed by atoms with E-state index in [2.05, 4.69) is 44.3 Å². The highest BCUT2D eigenvalue weighted by atomic mass is 16.5. The molecule has 2 nitrogen and oxygen atoms in total. The van der Waals surface area contributed by atoms with Gasteiger partial charge in [0.05, 0.1) is 6.61 Å². The Kier molecular flexibility index (Phi) is 5.33. The molecule has 112 valence electrons. The van der Waals surface area contributed by atoms with E-state index in [-0.39, 0.29) is 0 Å². The third kappa shape index (κ3) is 4.73. The summed E-state index contributed by atoms with van der Waals surface area (Å²) in [4.78, 5) is 0. The fourth-order valence-corrected chi connectivity index (χ4v) is 2.94. The second-order valence-electron chi connectivity index (χ2n) is 6.81. The van der Waals surface area contributed by atoms with Gasteiger partial charge in [0.15, 0.2) is 0 Å². The third-order valence-electron chi connectivity index (χ3n) is 4.25. The summed E-state index contributed by atoms with van der Waals surface area (Å²) in [5, 5.41) is 3.70. The van der Waals surface area contributed by atoms with Gasteiger partial charge in [-0.05, 0) is 49.7 Å². The van der Waals surface area contributed by atoms with E-state index >= 15 is 0 Å². The van der Waals surface area contributed by atoms with E-state index in [1.165, 1.54) is 37.8 Å². The van der Waals surface area contributed by atoms with Gasteiger partial charge in [-0.15, -0.1) is 0 Å². The van der Waals surface area contributed by atoms with Crippen molar-refractivity contribution in [3.05, 3.63) is 24.3 Å². The molecular formula is C18H29NO. The van der Waals surface area contributed by atoms with Gasteiger partial charge in [0.2, 0.25) is 0 Å². The second-order valence-corrected chi connectivity index (χ2v) is 6.81. The fourth-order valence-electron chi connectivity index (χ4n) is 2.94. The molecule has 1 fully saturated rings. The summed E-state index contributed by atoms with van der Waals surface area (Å²) in [6.07, 6.45) is 7.60. The summed E-state index contributed by atoms with van der Waals surface area (Å²) in [5.74, 6) is 0.978. The van der Waals surface area contributed by atoms with Crippen LogP contribution in [0.2, 0.25) is 0 Å². The van der Waals surface area contributed by atoms with Crippen molar-refractivity contribution in [2.75, 3.05) is 11.9 Å². The van der Waals surface area contributed by atoms with Gasteiger partial charge in [0, 0.05) is 17.8 Å². The molecule has 1 aliphatic carbocycles. The van der Waals surface area contributed by atoms with Crippen molar-refractivity contribution in [3.63, 3.8) is 0 Å². The van der Waals surface area contributed by atoms with Crippen molar-refractivity contribution in [1.82, 2.24) is 0 Å². The lowest BCUT2D eigenvalue weighted by Crippen LogP contribution is -2.19. The van der Waals surface area contributed by atoms with Gasteiger partial charge in [-0.1, -0.05) is 33.3 Å². The Morgan fingerprint density at radius 3 is 2.90 bits per heavy atom. The SMILES string of the molecule is CCCOc1cccc(NC2CCCC(C)(C)CC2)c1. The van der Waals surface area contributed by atoms with Crippen LogP contribution in [0.3, 0.4) is 0 Å². The molecule has 1 saturated carbocycles. The van der Waals surface area contributed by atoms with Crippen LogP contribution < -0.4 is 10.1 Å². The van der Waals surface area contributed by atoms with Crippen molar-refractivity contribution in [3.8, 4) is 5.75 Å². The average molecular weight is 275 g/mol. The van der Waals surface area contributed by atoms with Crippen LogP contribution >= 0.6 is 0 Å². The van der Waals surface area contributed by atoms with Gasteiger partial charge in [-0.3, -0.25) is 0 Å².